The monoisotopic (exact) mass is 365 g/mol. The number of thioether (sulfide) groups is 1. The van der Waals surface area contributed by atoms with Gasteiger partial charge in [0.2, 0.25) is 16.9 Å². The van der Waals surface area contributed by atoms with Gasteiger partial charge in [-0.1, -0.05) is 41.3 Å². The maximum atomic E-state index is 12.2. The van der Waals surface area contributed by atoms with Gasteiger partial charge >= 0.3 is 0 Å². The second-order valence-electron chi connectivity index (χ2n) is 5.26. The molecule has 1 aromatic carbocycles. The van der Waals surface area contributed by atoms with Gasteiger partial charge in [0, 0.05) is 12.7 Å². The lowest BCUT2D eigenvalue weighted by Gasteiger charge is -2.17. The Morgan fingerprint density at radius 1 is 1.29 bits per heavy atom. The average Bonchev–Trinajstić information content (AvgIpc) is 2.94. The summed E-state index contributed by atoms with van der Waals surface area (Å²) < 4.78 is 0.634. The highest BCUT2D eigenvalue weighted by Gasteiger charge is 2.15. The normalized spacial score (nSPS) is 10.5. The van der Waals surface area contributed by atoms with Crippen LogP contribution in [-0.4, -0.2) is 46.3 Å². The van der Waals surface area contributed by atoms with Crippen LogP contribution in [0, 0.1) is 13.8 Å². The van der Waals surface area contributed by atoms with Gasteiger partial charge in [-0.25, -0.2) is 0 Å². The predicted octanol–water partition coefficient (Wildman–Crippen LogP) is 1.93. The third kappa shape index (κ3) is 4.93. The molecule has 1 heterocycles. The molecule has 0 radical (unpaired) electrons. The molecule has 0 unspecified atom stereocenters. The number of nitrogen functional groups attached to an aromatic ring is 1. The maximum absolute atomic E-state index is 12.2. The summed E-state index contributed by atoms with van der Waals surface area (Å²) >= 11 is 2.48. The van der Waals surface area contributed by atoms with E-state index in [4.69, 9.17) is 5.73 Å². The second-order valence-corrected chi connectivity index (χ2v) is 7.49. The molecular formula is C15H19N5O2S2. The molecule has 0 aliphatic carbocycles. The predicted molar refractivity (Wildman–Crippen MR) is 97.2 cm³/mol. The molecule has 24 heavy (non-hydrogen) atoms. The van der Waals surface area contributed by atoms with Crippen molar-refractivity contribution in [2.24, 2.45) is 0 Å². The molecule has 2 rings (SSSR count). The van der Waals surface area contributed by atoms with E-state index in [0.717, 1.165) is 16.8 Å². The molecule has 0 bridgehead atoms. The number of nitrogens with zero attached hydrogens (tertiary/aromatic N) is 3. The van der Waals surface area contributed by atoms with Crippen molar-refractivity contribution >= 4 is 45.7 Å². The highest BCUT2D eigenvalue weighted by atomic mass is 32.2. The van der Waals surface area contributed by atoms with Gasteiger partial charge in [-0.3, -0.25) is 9.59 Å². The van der Waals surface area contributed by atoms with Crippen LogP contribution in [0.15, 0.2) is 22.5 Å². The minimum absolute atomic E-state index is 0.00851. The number of hydrogen-bond acceptors (Lipinski definition) is 7. The lowest BCUT2D eigenvalue weighted by molar-refractivity contribution is -0.131. The number of para-hydroxylation sites is 1. The van der Waals surface area contributed by atoms with E-state index < -0.39 is 0 Å². The first-order valence-electron chi connectivity index (χ1n) is 7.18. The topological polar surface area (TPSA) is 101 Å². The molecule has 0 atom stereocenters. The Kier molecular flexibility index (Phi) is 6.16. The number of aromatic nitrogens is 2. The molecule has 128 valence electrons. The Labute approximate surface area is 148 Å². The minimum atomic E-state index is -0.228. The van der Waals surface area contributed by atoms with E-state index in [9.17, 15) is 9.59 Å². The molecule has 0 spiro atoms. The van der Waals surface area contributed by atoms with Crippen LogP contribution in [-0.2, 0) is 9.59 Å². The lowest BCUT2D eigenvalue weighted by atomic mass is 10.1. The Balaban J connectivity index is 1.85. The number of carbonyl (C=O) groups is 2. The van der Waals surface area contributed by atoms with Gasteiger partial charge in [0.15, 0.2) is 4.34 Å². The summed E-state index contributed by atoms with van der Waals surface area (Å²) in [6.07, 6.45) is 0. The van der Waals surface area contributed by atoms with Crippen LogP contribution in [0.3, 0.4) is 0 Å². The zero-order chi connectivity index (χ0) is 17.7. The summed E-state index contributed by atoms with van der Waals surface area (Å²) in [5, 5.41) is 10.8. The Bertz CT molecular complexity index is 727. The molecule has 0 fully saturated rings. The fourth-order valence-corrected chi connectivity index (χ4v) is 3.58. The number of likely N-dealkylation sites (N-methyl/N-ethyl adjacent to an activating group) is 1. The summed E-state index contributed by atoms with van der Waals surface area (Å²) in [4.78, 5) is 25.6. The average molecular weight is 365 g/mol. The summed E-state index contributed by atoms with van der Waals surface area (Å²) in [5.74, 6) is -0.208. The molecule has 9 heteroatoms. The Morgan fingerprint density at radius 3 is 2.54 bits per heavy atom. The van der Waals surface area contributed by atoms with Crippen LogP contribution >= 0.6 is 23.1 Å². The van der Waals surface area contributed by atoms with Crippen LogP contribution in [0.5, 0.6) is 0 Å². The quantitative estimate of drug-likeness (QED) is 0.759. The summed E-state index contributed by atoms with van der Waals surface area (Å²) in [6, 6.07) is 5.80. The molecule has 7 nitrogen and oxygen atoms in total. The van der Waals surface area contributed by atoms with Crippen molar-refractivity contribution < 1.29 is 9.59 Å². The molecule has 3 N–H and O–H groups in total. The first-order chi connectivity index (χ1) is 11.4. The third-order valence-corrected chi connectivity index (χ3v) is 5.16. The zero-order valence-electron chi connectivity index (χ0n) is 13.7. The van der Waals surface area contributed by atoms with E-state index in [2.05, 4.69) is 15.5 Å². The van der Waals surface area contributed by atoms with E-state index in [0.29, 0.717) is 9.47 Å². The van der Waals surface area contributed by atoms with Crippen LogP contribution < -0.4 is 11.1 Å². The number of hydrogen-bond donors (Lipinski definition) is 2. The number of aryl methyl sites for hydroxylation is 2. The number of nitrogens with one attached hydrogen (secondary N) is 1. The molecule has 0 aliphatic heterocycles. The van der Waals surface area contributed by atoms with E-state index in [1.54, 1.807) is 7.05 Å². The number of benzene rings is 1. The summed E-state index contributed by atoms with van der Waals surface area (Å²) in [7, 11) is 1.60. The third-order valence-electron chi connectivity index (χ3n) is 3.29. The van der Waals surface area contributed by atoms with Gasteiger partial charge in [-0.05, 0) is 25.0 Å². The number of amides is 2. The van der Waals surface area contributed by atoms with Crippen molar-refractivity contribution in [2.75, 3.05) is 30.4 Å². The van der Waals surface area contributed by atoms with E-state index in [1.807, 2.05) is 32.0 Å². The van der Waals surface area contributed by atoms with Gasteiger partial charge in [-0.2, -0.15) is 0 Å². The van der Waals surface area contributed by atoms with Crippen molar-refractivity contribution in [1.82, 2.24) is 15.1 Å². The van der Waals surface area contributed by atoms with Crippen molar-refractivity contribution in [3.8, 4) is 0 Å². The fraction of sp³-hybridized carbons (Fsp3) is 0.333. The molecule has 2 amide bonds. The van der Waals surface area contributed by atoms with Gasteiger partial charge in [0.05, 0.1) is 12.3 Å². The maximum Gasteiger partial charge on any atom is 0.243 e. The number of anilines is 2. The van der Waals surface area contributed by atoms with Crippen molar-refractivity contribution in [2.45, 2.75) is 18.2 Å². The largest absolute Gasteiger partial charge is 0.374 e. The van der Waals surface area contributed by atoms with Crippen LogP contribution in [0.1, 0.15) is 11.1 Å². The van der Waals surface area contributed by atoms with E-state index in [-0.39, 0.29) is 24.1 Å². The highest BCUT2D eigenvalue weighted by Crippen LogP contribution is 2.23. The zero-order valence-corrected chi connectivity index (χ0v) is 15.3. The molecule has 0 aliphatic rings. The fourth-order valence-electron chi connectivity index (χ4n) is 2.01. The van der Waals surface area contributed by atoms with Crippen LogP contribution in [0.2, 0.25) is 0 Å². The molecular weight excluding hydrogens is 346 g/mol. The molecule has 0 saturated heterocycles. The highest BCUT2D eigenvalue weighted by molar-refractivity contribution is 8.01. The summed E-state index contributed by atoms with van der Waals surface area (Å²) in [5.41, 5.74) is 8.26. The number of rotatable bonds is 6. The second kappa shape index (κ2) is 8.11. The van der Waals surface area contributed by atoms with Crippen LogP contribution in [0.25, 0.3) is 0 Å². The van der Waals surface area contributed by atoms with Gasteiger partial charge < -0.3 is 16.0 Å². The Morgan fingerprint density at radius 2 is 1.96 bits per heavy atom. The van der Waals surface area contributed by atoms with Crippen LogP contribution in [0.4, 0.5) is 10.8 Å². The molecule has 1 aromatic heterocycles. The van der Waals surface area contributed by atoms with Gasteiger partial charge in [0.25, 0.3) is 0 Å². The van der Waals surface area contributed by atoms with Gasteiger partial charge in [0.1, 0.15) is 0 Å². The number of nitrogens with two attached hydrogens (primary N) is 1. The summed E-state index contributed by atoms with van der Waals surface area (Å²) in [6.45, 7) is 3.86. The van der Waals surface area contributed by atoms with Crippen molar-refractivity contribution in [3.05, 3.63) is 29.3 Å². The Hall–Kier alpha value is -2.13. The molecule has 2 aromatic rings. The smallest absolute Gasteiger partial charge is 0.243 e. The standard InChI is InChI=1S/C15H19N5O2S2/c1-9-5-4-6-10(2)13(9)17-11(21)7-20(3)12(22)8-23-15-19-18-14(16)24-15/h4-6H,7-8H2,1-3H3,(H2,16,18)(H,17,21). The first kappa shape index (κ1) is 18.2. The van der Waals surface area contributed by atoms with Gasteiger partial charge in [-0.15, -0.1) is 10.2 Å². The van der Waals surface area contributed by atoms with E-state index >= 15 is 0 Å². The van der Waals surface area contributed by atoms with Crippen molar-refractivity contribution in [1.29, 1.82) is 0 Å². The number of carbonyl (C=O) groups excluding carboxylic acids is 2. The first-order valence-corrected chi connectivity index (χ1v) is 8.99. The van der Waals surface area contributed by atoms with Crippen molar-refractivity contribution in [3.63, 3.8) is 0 Å². The molecule has 0 saturated carbocycles. The minimum Gasteiger partial charge on any atom is -0.374 e. The SMILES string of the molecule is Cc1cccc(C)c1NC(=O)CN(C)C(=O)CSc1nnc(N)s1. The van der Waals surface area contributed by atoms with E-state index in [1.165, 1.54) is 28.0 Å². The lowest BCUT2D eigenvalue weighted by Crippen LogP contribution is -2.36.